The number of benzene rings is 1. The van der Waals surface area contributed by atoms with Crippen LogP contribution in [0.5, 0.6) is 0 Å². The van der Waals surface area contributed by atoms with Crippen molar-refractivity contribution in [2.75, 3.05) is 0 Å². The lowest BCUT2D eigenvalue weighted by molar-refractivity contribution is 0.891. The van der Waals surface area contributed by atoms with Crippen LogP contribution in [0.3, 0.4) is 0 Å². The molecular weight excluding hydrogens is 144 g/mol. The zero-order valence-corrected chi connectivity index (χ0v) is 7.22. The first kappa shape index (κ1) is 7.60. The molecule has 0 N–H and O–H groups in total. The van der Waals surface area contributed by atoms with E-state index in [0.717, 1.165) is 6.42 Å². The van der Waals surface area contributed by atoms with E-state index in [1.807, 2.05) is 6.08 Å². The van der Waals surface area contributed by atoms with Crippen molar-refractivity contribution in [3.05, 3.63) is 54.0 Å². The molecule has 0 fully saturated rings. The normalized spacial score (nSPS) is 16.0. The van der Waals surface area contributed by atoms with Gasteiger partial charge in [0.05, 0.1) is 0 Å². The summed E-state index contributed by atoms with van der Waals surface area (Å²) in [5.74, 6) is 1.56. The molecule has 0 unspecified atom stereocenters. The molecule has 1 aliphatic carbocycles. The monoisotopic (exact) mass is 157 g/mol. The Bertz CT molecular complexity index is 286. The van der Waals surface area contributed by atoms with Gasteiger partial charge in [0, 0.05) is 5.92 Å². The fourth-order valence-corrected chi connectivity index (χ4v) is 1.89. The largest absolute Gasteiger partial charge is 0.103 e. The molecule has 1 aromatic carbocycles. The van der Waals surface area contributed by atoms with Crippen LogP contribution in [0.15, 0.2) is 36.9 Å². The minimum absolute atomic E-state index is 1.05. The van der Waals surface area contributed by atoms with E-state index in [-0.39, 0.29) is 0 Å². The highest BCUT2D eigenvalue weighted by Crippen LogP contribution is 2.34. The standard InChI is InChI=1S/C12H13/c1-2-5-10-8-9-11-6-3-4-7-12(10)11/h2-4,6-7H,1,5,8-9H2. The number of hydrogen-bond acceptors (Lipinski definition) is 0. The van der Waals surface area contributed by atoms with E-state index in [2.05, 4.69) is 30.8 Å². The van der Waals surface area contributed by atoms with Crippen LogP contribution in [0.2, 0.25) is 0 Å². The minimum atomic E-state index is 1.05. The predicted molar refractivity (Wildman–Crippen MR) is 51.9 cm³/mol. The molecule has 0 heteroatoms. The van der Waals surface area contributed by atoms with Gasteiger partial charge in [-0.2, -0.15) is 0 Å². The van der Waals surface area contributed by atoms with Crippen molar-refractivity contribution in [1.29, 1.82) is 0 Å². The zero-order valence-electron chi connectivity index (χ0n) is 7.22. The van der Waals surface area contributed by atoms with Crippen LogP contribution in [0.4, 0.5) is 0 Å². The molecule has 0 atom stereocenters. The molecule has 1 aliphatic rings. The zero-order chi connectivity index (χ0) is 8.39. The third-order valence-electron chi connectivity index (χ3n) is 2.49. The van der Waals surface area contributed by atoms with Gasteiger partial charge in [-0.15, -0.1) is 6.58 Å². The van der Waals surface area contributed by atoms with Gasteiger partial charge in [-0.05, 0) is 30.4 Å². The molecule has 0 spiro atoms. The first-order chi connectivity index (χ1) is 5.92. The molecular formula is C12H13. The first-order valence-corrected chi connectivity index (χ1v) is 4.45. The van der Waals surface area contributed by atoms with Crippen molar-refractivity contribution in [1.82, 2.24) is 0 Å². The van der Waals surface area contributed by atoms with Crippen LogP contribution in [0.25, 0.3) is 0 Å². The number of aryl methyl sites for hydroxylation is 1. The summed E-state index contributed by atoms with van der Waals surface area (Å²) in [5.41, 5.74) is 2.98. The Morgan fingerprint density at radius 1 is 1.25 bits per heavy atom. The molecule has 0 bridgehead atoms. The number of allylic oxidation sites excluding steroid dienone is 1. The first-order valence-electron chi connectivity index (χ1n) is 4.45. The minimum Gasteiger partial charge on any atom is -0.103 e. The average Bonchev–Trinajstić information content (AvgIpc) is 2.50. The summed E-state index contributed by atoms with van der Waals surface area (Å²) < 4.78 is 0. The second kappa shape index (κ2) is 3.14. The summed E-state index contributed by atoms with van der Waals surface area (Å²) in [4.78, 5) is 0. The Kier molecular flexibility index (Phi) is 1.99. The van der Waals surface area contributed by atoms with Crippen molar-refractivity contribution < 1.29 is 0 Å². The number of fused-ring (bicyclic) bond motifs is 1. The molecule has 61 valence electrons. The van der Waals surface area contributed by atoms with Crippen LogP contribution in [0, 0.1) is 5.92 Å². The Labute approximate surface area is 73.9 Å². The maximum atomic E-state index is 3.78. The quantitative estimate of drug-likeness (QED) is 0.578. The van der Waals surface area contributed by atoms with Crippen molar-refractivity contribution >= 4 is 0 Å². The molecule has 0 nitrogen and oxygen atoms in total. The van der Waals surface area contributed by atoms with Crippen molar-refractivity contribution in [2.24, 2.45) is 0 Å². The Hall–Kier alpha value is -1.04. The van der Waals surface area contributed by atoms with Gasteiger partial charge in [-0.3, -0.25) is 0 Å². The number of hydrogen-bond donors (Lipinski definition) is 0. The fraction of sp³-hybridized carbons (Fsp3) is 0.250. The molecule has 0 aromatic heterocycles. The maximum absolute atomic E-state index is 3.78. The molecule has 12 heavy (non-hydrogen) atoms. The highest BCUT2D eigenvalue weighted by atomic mass is 14.2. The van der Waals surface area contributed by atoms with Crippen LogP contribution >= 0.6 is 0 Å². The van der Waals surface area contributed by atoms with Crippen LogP contribution in [-0.2, 0) is 6.42 Å². The molecule has 0 saturated heterocycles. The second-order valence-corrected chi connectivity index (χ2v) is 3.25. The highest BCUT2D eigenvalue weighted by Gasteiger charge is 2.20. The average molecular weight is 157 g/mol. The van der Waals surface area contributed by atoms with Gasteiger partial charge in [0.25, 0.3) is 0 Å². The van der Waals surface area contributed by atoms with E-state index in [1.165, 1.54) is 24.0 Å². The molecule has 1 radical (unpaired) electrons. The molecule has 1 aromatic rings. The van der Waals surface area contributed by atoms with E-state index in [0.29, 0.717) is 0 Å². The van der Waals surface area contributed by atoms with Gasteiger partial charge in [-0.1, -0.05) is 30.3 Å². The fourth-order valence-electron chi connectivity index (χ4n) is 1.89. The Morgan fingerprint density at radius 3 is 2.92 bits per heavy atom. The molecule has 0 saturated carbocycles. The van der Waals surface area contributed by atoms with Gasteiger partial charge in [0.2, 0.25) is 0 Å². The second-order valence-electron chi connectivity index (χ2n) is 3.25. The molecule has 0 amide bonds. The van der Waals surface area contributed by atoms with Crippen molar-refractivity contribution in [3.63, 3.8) is 0 Å². The lowest BCUT2D eigenvalue weighted by atomic mass is 9.98. The topological polar surface area (TPSA) is 0 Å². The van der Waals surface area contributed by atoms with E-state index in [1.54, 1.807) is 5.92 Å². The highest BCUT2D eigenvalue weighted by molar-refractivity contribution is 5.44. The summed E-state index contributed by atoms with van der Waals surface area (Å²) in [6.45, 7) is 3.78. The lowest BCUT2D eigenvalue weighted by Crippen LogP contribution is -1.91. The molecule has 0 heterocycles. The summed E-state index contributed by atoms with van der Waals surface area (Å²) in [6, 6.07) is 8.69. The Balaban J connectivity index is 2.29. The maximum Gasteiger partial charge on any atom is 0.00931 e. The van der Waals surface area contributed by atoms with Gasteiger partial charge < -0.3 is 0 Å². The van der Waals surface area contributed by atoms with E-state index < -0.39 is 0 Å². The van der Waals surface area contributed by atoms with Crippen LogP contribution < -0.4 is 0 Å². The third kappa shape index (κ3) is 1.18. The van der Waals surface area contributed by atoms with Gasteiger partial charge in [-0.25, -0.2) is 0 Å². The predicted octanol–water partition coefficient (Wildman–Crippen LogP) is 3.13. The van der Waals surface area contributed by atoms with Crippen LogP contribution in [0.1, 0.15) is 24.0 Å². The summed E-state index contributed by atoms with van der Waals surface area (Å²) >= 11 is 0. The molecule has 2 rings (SSSR count). The summed E-state index contributed by atoms with van der Waals surface area (Å²) in [5, 5.41) is 0. The Morgan fingerprint density at radius 2 is 2.08 bits per heavy atom. The third-order valence-corrected chi connectivity index (χ3v) is 2.49. The summed E-state index contributed by atoms with van der Waals surface area (Å²) in [7, 11) is 0. The van der Waals surface area contributed by atoms with Crippen molar-refractivity contribution in [2.45, 2.75) is 19.3 Å². The SMILES string of the molecule is C=CC[C]1CCc2ccccc21. The molecule has 0 aliphatic heterocycles. The van der Waals surface area contributed by atoms with E-state index in [4.69, 9.17) is 0 Å². The van der Waals surface area contributed by atoms with Gasteiger partial charge >= 0.3 is 0 Å². The van der Waals surface area contributed by atoms with Crippen LogP contribution in [-0.4, -0.2) is 0 Å². The van der Waals surface area contributed by atoms with E-state index >= 15 is 0 Å². The smallest absolute Gasteiger partial charge is 0.00931 e. The van der Waals surface area contributed by atoms with Crippen molar-refractivity contribution in [3.8, 4) is 0 Å². The van der Waals surface area contributed by atoms with Gasteiger partial charge in [0.15, 0.2) is 0 Å². The van der Waals surface area contributed by atoms with Gasteiger partial charge in [0.1, 0.15) is 0 Å². The van der Waals surface area contributed by atoms with E-state index in [9.17, 15) is 0 Å². The lowest BCUT2D eigenvalue weighted by Gasteiger charge is -2.06. The number of rotatable bonds is 2. The summed E-state index contributed by atoms with van der Waals surface area (Å²) in [6.07, 6.45) is 5.50.